The fraction of sp³-hybridized carbons (Fsp3) is 0.308. The summed E-state index contributed by atoms with van der Waals surface area (Å²) in [5.41, 5.74) is 2.01. The van der Waals surface area contributed by atoms with Gasteiger partial charge in [0.2, 0.25) is 0 Å². The summed E-state index contributed by atoms with van der Waals surface area (Å²) < 4.78 is 6.60. The van der Waals surface area contributed by atoms with Gasteiger partial charge in [0.25, 0.3) is 5.82 Å². The molecular weight excluding hydrogens is 242 g/mol. The van der Waals surface area contributed by atoms with Gasteiger partial charge in [-0.25, -0.2) is 9.67 Å². The molecule has 2 aromatic rings. The molecule has 6 heteroatoms. The number of methoxy groups -OCH3 is 1. The first-order valence-electron chi connectivity index (χ1n) is 5.95. The summed E-state index contributed by atoms with van der Waals surface area (Å²) in [4.78, 5) is 3.91. The number of para-hydroxylation sites is 1. The maximum Gasteiger partial charge on any atom is 0.252 e. The van der Waals surface area contributed by atoms with Gasteiger partial charge in [-0.2, -0.15) is 5.26 Å². The number of rotatable bonds is 6. The first-order chi connectivity index (χ1) is 9.35. The topological polar surface area (TPSA) is 75.8 Å². The van der Waals surface area contributed by atoms with Crippen LogP contribution >= 0.6 is 0 Å². The molecule has 2 rings (SSSR count). The summed E-state index contributed by atoms with van der Waals surface area (Å²) in [5, 5.41) is 16.1. The molecule has 1 heterocycles. The highest BCUT2D eigenvalue weighted by Crippen LogP contribution is 2.12. The highest BCUT2D eigenvalue weighted by molar-refractivity contribution is 5.40. The Kier molecular flexibility index (Phi) is 4.61. The number of benzene rings is 1. The minimum absolute atomic E-state index is 0.169. The lowest BCUT2D eigenvalue weighted by Crippen LogP contribution is -2.19. The lowest BCUT2D eigenvalue weighted by molar-refractivity contribution is 0.199. The monoisotopic (exact) mass is 257 g/mol. The number of nitrogens with zero attached hydrogens (tertiary/aromatic N) is 4. The van der Waals surface area contributed by atoms with Gasteiger partial charge in [-0.1, -0.05) is 18.2 Å². The molecule has 0 aliphatic heterocycles. The summed E-state index contributed by atoms with van der Waals surface area (Å²) in [7, 11) is 1.68. The molecule has 0 aliphatic carbocycles. The average molecular weight is 257 g/mol. The van der Waals surface area contributed by atoms with Crippen molar-refractivity contribution in [1.82, 2.24) is 20.1 Å². The van der Waals surface area contributed by atoms with E-state index >= 15 is 0 Å². The number of aromatic nitrogens is 3. The highest BCUT2D eigenvalue weighted by Gasteiger charge is 2.06. The van der Waals surface area contributed by atoms with Crippen molar-refractivity contribution in [3.05, 3.63) is 42.0 Å². The van der Waals surface area contributed by atoms with Crippen LogP contribution in [0.15, 0.2) is 30.6 Å². The van der Waals surface area contributed by atoms with E-state index in [2.05, 4.69) is 15.4 Å². The van der Waals surface area contributed by atoms with Crippen molar-refractivity contribution in [1.29, 1.82) is 5.26 Å². The molecule has 0 aliphatic rings. The van der Waals surface area contributed by atoms with Crippen LogP contribution < -0.4 is 5.32 Å². The van der Waals surface area contributed by atoms with Gasteiger partial charge in [0.05, 0.1) is 12.3 Å². The van der Waals surface area contributed by atoms with E-state index in [0.717, 1.165) is 17.8 Å². The van der Waals surface area contributed by atoms with Gasteiger partial charge in [0.1, 0.15) is 12.4 Å². The van der Waals surface area contributed by atoms with Gasteiger partial charge >= 0.3 is 0 Å². The molecule has 0 bridgehead atoms. The number of hydrogen-bond acceptors (Lipinski definition) is 5. The van der Waals surface area contributed by atoms with Crippen molar-refractivity contribution >= 4 is 0 Å². The van der Waals surface area contributed by atoms with Crippen LogP contribution in [0, 0.1) is 11.3 Å². The van der Waals surface area contributed by atoms with Gasteiger partial charge in [-0.05, 0) is 11.6 Å². The third-order valence-corrected chi connectivity index (χ3v) is 2.63. The van der Waals surface area contributed by atoms with Crippen LogP contribution in [0.2, 0.25) is 0 Å². The van der Waals surface area contributed by atoms with E-state index in [0.29, 0.717) is 13.2 Å². The van der Waals surface area contributed by atoms with Gasteiger partial charge in [-0.3, -0.25) is 0 Å². The van der Waals surface area contributed by atoms with E-state index in [-0.39, 0.29) is 5.82 Å². The Balaban J connectivity index is 2.14. The molecule has 6 nitrogen and oxygen atoms in total. The predicted molar refractivity (Wildman–Crippen MR) is 69.7 cm³/mol. The van der Waals surface area contributed by atoms with E-state index in [4.69, 9.17) is 10.00 Å². The van der Waals surface area contributed by atoms with Crippen LogP contribution in [-0.4, -0.2) is 35.0 Å². The molecular formula is C13H15N5O. The SMILES string of the molecule is COCCNCc1ccccc1-n1cnc(C#N)n1. The minimum Gasteiger partial charge on any atom is -0.383 e. The second-order valence-corrected chi connectivity index (χ2v) is 3.92. The predicted octanol–water partition coefficient (Wildman–Crippen LogP) is 0.875. The molecule has 0 spiro atoms. The van der Waals surface area contributed by atoms with Crippen LogP contribution in [0.5, 0.6) is 0 Å². The van der Waals surface area contributed by atoms with Crippen molar-refractivity contribution in [2.75, 3.05) is 20.3 Å². The Morgan fingerprint density at radius 1 is 1.42 bits per heavy atom. The zero-order valence-electron chi connectivity index (χ0n) is 10.7. The quantitative estimate of drug-likeness (QED) is 0.777. The first-order valence-corrected chi connectivity index (χ1v) is 5.95. The summed E-state index contributed by atoms with van der Waals surface area (Å²) in [6.07, 6.45) is 1.55. The van der Waals surface area contributed by atoms with Crippen LogP contribution in [-0.2, 0) is 11.3 Å². The van der Waals surface area contributed by atoms with Crippen LogP contribution in [0.1, 0.15) is 11.4 Å². The minimum atomic E-state index is 0.169. The summed E-state index contributed by atoms with van der Waals surface area (Å²) in [6, 6.07) is 9.79. The third kappa shape index (κ3) is 3.37. The second kappa shape index (κ2) is 6.64. The third-order valence-electron chi connectivity index (χ3n) is 2.63. The van der Waals surface area contributed by atoms with Crippen molar-refractivity contribution in [2.24, 2.45) is 0 Å². The largest absolute Gasteiger partial charge is 0.383 e. The Morgan fingerprint density at radius 2 is 2.26 bits per heavy atom. The molecule has 1 aromatic carbocycles. The van der Waals surface area contributed by atoms with E-state index in [1.807, 2.05) is 30.3 Å². The zero-order chi connectivity index (χ0) is 13.5. The summed E-state index contributed by atoms with van der Waals surface area (Å²) >= 11 is 0. The molecule has 0 unspecified atom stereocenters. The normalized spacial score (nSPS) is 10.3. The molecule has 0 saturated heterocycles. The molecule has 98 valence electrons. The van der Waals surface area contributed by atoms with Crippen LogP contribution in [0.4, 0.5) is 0 Å². The van der Waals surface area contributed by atoms with E-state index in [1.54, 1.807) is 18.1 Å². The van der Waals surface area contributed by atoms with Gasteiger partial charge in [-0.15, -0.1) is 5.10 Å². The molecule has 0 atom stereocenters. The molecule has 0 amide bonds. The maximum atomic E-state index is 8.75. The molecule has 1 aromatic heterocycles. The summed E-state index contributed by atoms with van der Waals surface area (Å²) in [6.45, 7) is 2.16. The van der Waals surface area contributed by atoms with Crippen molar-refractivity contribution in [3.63, 3.8) is 0 Å². The van der Waals surface area contributed by atoms with Gasteiger partial charge in [0.15, 0.2) is 0 Å². The average Bonchev–Trinajstić information content (AvgIpc) is 2.93. The Hall–Kier alpha value is -2.23. The van der Waals surface area contributed by atoms with Crippen LogP contribution in [0.3, 0.4) is 0 Å². The van der Waals surface area contributed by atoms with E-state index in [9.17, 15) is 0 Å². The van der Waals surface area contributed by atoms with Crippen molar-refractivity contribution in [3.8, 4) is 11.8 Å². The Bertz CT molecular complexity index is 572. The highest BCUT2D eigenvalue weighted by atomic mass is 16.5. The van der Waals surface area contributed by atoms with Gasteiger partial charge < -0.3 is 10.1 Å². The van der Waals surface area contributed by atoms with Crippen molar-refractivity contribution in [2.45, 2.75) is 6.54 Å². The lowest BCUT2D eigenvalue weighted by Gasteiger charge is -2.09. The van der Waals surface area contributed by atoms with Crippen molar-refractivity contribution < 1.29 is 4.74 Å². The fourth-order valence-corrected chi connectivity index (χ4v) is 1.71. The number of hydrogen-bond donors (Lipinski definition) is 1. The maximum absolute atomic E-state index is 8.75. The molecule has 0 fully saturated rings. The zero-order valence-corrected chi connectivity index (χ0v) is 10.7. The second-order valence-electron chi connectivity index (χ2n) is 3.92. The molecule has 1 N–H and O–H groups in total. The van der Waals surface area contributed by atoms with Crippen LogP contribution in [0.25, 0.3) is 5.69 Å². The number of nitrogens with one attached hydrogen (secondary N) is 1. The number of ether oxygens (including phenoxy) is 1. The van der Waals surface area contributed by atoms with E-state index < -0.39 is 0 Å². The number of nitriles is 1. The standard InChI is InChI=1S/C13H15N5O/c1-19-7-6-15-9-11-4-2-3-5-12(11)18-10-16-13(8-14)17-18/h2-5,10,15H,6-7,9H2,1H3. The van der Waals surface area contributed by atoms with Gasteiger partial charge in [0, 0.05) is 20.2 Å². The summed E-state index contributed by atoms with van der Waals surface area (Å²) in [5.74, 6) is 0.169. The lowest BCUT2D eigenvalue weighted by atomic mass is 10.2. The Labute approximate surface area is 111 Å². The fourth-order valence-electron chi connectivity index (χ4n) is 1.71. The molecule has 0 saturated carbocycles. The first kappa shape index (κ1) is 13.2. The molecule has 19 heavy (non-hydrogen) atoms. The smallest absolute Gasteiger partial charge is 0.252 e. The van der Waals surface area contributed by atoms with E-state index in [1.165, 1.54) is 0 Å². The molecule has 0 radical (unpaired) electrons. The Morgan fingerprint density at radius 3 is 3.00 bits per heavy atom.